The fraction of sp³-hybridized carbons (Fsp3) is 0.333. The van der Waals surface area contributed by atoms with Crippen LogP contribution in [-0.2, 0) is 6.54 Å². The van der Waals surface area contributed by atoms with Crippen molar-refractivity contribution in [2.24, 2.45) is 0 Å². The molecule has 1 amide bonds. The molecule has 146 valence electrons. The van der Waals surface area contributed by atoms with Gasteiger partial charge in [-0.05, 0) is 73.7 Å². The molecule has 0 saturated carbocycles. The summed E-state index contributed by atoms with van der Waals surface area (Å²) < 4.78 is 1.75. The van der Waals surface area contributed by atoms with Gasteiger partial charge < -0.3 is 9.47 Å². The average molecular weight is 377 g/mol. The molecule has 0 aliphatic carbocycles. The number of hydrogen-bond donors (Lipinski definition) is 0. The molecule has 0 fully saturated rings. The fourth-order valence-electron chi connectivity index (χ4n) is 3.59. The van der Waals surface area contributed by atoms with Gasteiger partial charge in [-0.25, -0.2) is 0 Å². The van der Waals surface area contributed by atoms with E-state index in [0.29, 0.717) is 12.1 Å². The predicted molar refractivity (Wildman–Crippen MR) is 117 cm³/mol. The van der Waals surface area contributed by atoms with Gasteiger partial charge in [0, 0.05) is 36.3 Å². The van der Waals surface area contributed by atoms with E-state index in [2.05, 4.69) is 20.8 Å². The standard InChI is InChI=1S/C24H28N2O2/c1-7-26-22-11-9-18(13-21(22)20(15(2)3)14-23(26)27)24(28)25(6)19-10-8-16(4)17(5)12-19/h8-15H,7H2,1-6H3. The maximum absolute atomic E-state index is 13.1. The number of hydrogen-bond acceptors (Lipinski definition) is 2. The molecule has 0 aliphatic heterocycles. The first-order valence-corrected chi connectivity index (χ1v) is 9.77. The Balaban J connectivity index is 2.11. The molecule has 0 unspecified atom stereocenters. The van der Waals surface area contributed by atoms with Crippen LogP contribution in [0.2, 0.25) is 0 Å². The Morgan fingerprint density at radius 1 is 1.04 bits per heavy atom. The predicted octanol–water partition coefficient (Wildman–Crippen LogP) is 5.04. The van der Waals surface area contributed by atoms with E-state index < -0.39 is 0 Å². The van der Waals surface area contributed by atoms with Crippen LogP contribution in [0.5, 0.6) is 0 Å². The second-order valence-electron chi connectivity index (χ2n) is 7.70. The van der Waals surface area contributed by atoms with Gasteiger partial charge in [0.05, 0.1) is 5.52 Å². The average Bonchev–Trinajstić information content (AvgIpc) is 2.67. The van der Waals surface area contributed by atoms with Crippen molar-refractivity contribution in [1.82, 2.24) is 4.57 Å². The third kappa shape index (κ3) is 3.47. The Kier molecular flexibility index (Phi) is 5.41. The van der Waals surface area contributed by atoms with Gasteiger partial charge in [-0.3, -0.25) is 9.59 Å². The summed E-state index contributed by atoms with van der Waals surface area (Å²) in [6.07, 6.45) is 0. The Labute approximate surface area is 166 Å². The van der Waals surface area contributed by atoms with Gasteiger partial charge in [0.1, 0.15) is 0 Å². The molecule has 28 heavy (non-hydrogen) atoms. The summed E-state index contributed by atoms with van der Waals surface area (Å²) in [5, 5.41) is 0.968. The van der Waals surface area contributed by atoms with Crippen LogP contribution in [0.3, 0.4) is 0 Å². The third-order valence-electron chi connectivity index (χ3n) is 5.51. The largest absolute Gasteiger partial charge is 0.311 e. The number of fused-ring (bicyclic) bond motifs is 1. The molecule has 2 aromatic carbocycles. The van der Waals surface area contributed by atoms with Gasteiger partial charge in [0.25, 0.3) is 11.5 Å². The van der Waals surface area contributed by atoms with E-state index >= 15 is 0 Å². The van der Waals surface area contributed by atoms with Crippen molar-refractivity contribution in [1.29, 1.82) is 0 Å². The van der Waals surface area contributed by atoms with Crippen LogP contribution in [0.1, 0.15) is 53.7 Å². The number of rotatable bonds is 4. The summed E-state index contributed by atoms with van der Waals surface area (Å²) in [4.78, 5) is 27.3. The topological polar surface area (TPSA) is 42.3 Å². The number of benzene rings is 2. The molecule has 0 spiro atoms. The van der Waals surface area contributed by atoms with Crippen LogP contribution in [-0.4, -0.2) is 17.5 Å². The quantitative estimate of drug-likeness (QED) is 0.640. The first kappa shape index (κ1) is 19.9. The highest BCUT2D eigenvalue weighted by Gasteiger charge is 2.17. The van der Waals surface area contributed by atoms with Gasteiger partial charge in [-0.15, -0.1) is 0 Å². The van der Waals surface area contributed by atoms with Crippen molar-refractivity contribution >= 4 is 22.5 Å². The third-order valence-corrected chi connectivity index (χ3v) is 5.51. The zero-order chi connectivity index (χ0) is 20.6. The lowest BCUT2D eigenvalue weighted by Gasteiger charge is -2.20. The summed E-state index contributed by atoms with van der Waals surface area (Å²) >= 11 is 0. The summed E-state index contributed by atoms with van der Waals surface area (Å²) in [6.45, 7) is 10.8. The number of pyridine rings is 1. The molecular formula is C24H28N2O2. The van der Waals surface area contributed by atoms with E-state index in [9.17, 15) is 9.59 Å². The Morgan fingerprint density at radius 3 is 2.36 bits per heavy atom. The summed E-state index contributed by atoms with van der Waals surface area (Å²) in [6, 6.07) is 13.4. The Bertz CT molecular complexity index is 1110. The van der Waals surface area contributed by atoms with Gasteiger partial charge in [0.15, 0.2) is 0 Å². The molecule has 0 atom stereocenters. The minimum absolute atomic E-state index is 0.00465. The summed E-state index contributed by atoms with van der Waals surface area (Å²) in [5.41, 5.74) is 5.72. The molecule has 0 saturated heterocycles. The van der Waals surface area contributed by atoms with Gasteiger partial charge in [-0.2, -0.15) is 0 Å². The molecule has 0 bridgehead atoms. The highest BCUT2D eigenvalue weighted by molar-refractivity contribution is 6.07. The zero-order valence-corrected chi connectivity index (χ0v) is 17.5. The Morgan fingerprint density at radius 2 is 1.75 bits per heavy atom. The molecule has 3 rings (SSSR count). The molecule has 0 radical (unpaired) electrons. The van der Waals surface area contributed by atoms with Crippen molar-refractivity contribution in [2.45, 2.75) is 47.1 Å². The van der Waals surface area contributed by atoms with Gasteiger partial charge in [0.2, 0.25) is 0 Å². The van der Waals surface area contributed by atoms with Gasteiger partial charge >= 0.3 is 0 Å². The van der Waals surface area contributed by atoms with Crippen molar-refractivity contribution in [3.05, 3.63) is 75.1 Å². The van der Waals surface area contributed by atoms with Crippen molar-refractivity contribution in [2.75, 3.05) is 11.9 Å². The number of anilines is 1. The first-order valence-electron chi connectivity index (χ1n) is 9.77. The summed E-state index contributed by atoms with van der Waals surface area (Å²) in [5.74, 6) is 0.138. The van der Waals surface area contributed by atoms with Crippen LogP contribution in [0.15, 0.2) is 47.3 Å². The number of aryl methyl sites for hydroxylation is 3. The van der Waals surface area contributed by atoms with Crippen LogP contribution in [0, 0.1) is 13.8 Å². The minimum atomic E-state index is -0.0610. The van der Waals surface area contributed by atoms with Gasteiger partial charge in [-0.1, -0.05) is 19.9 Å². The molecular weight excluding hydrogens is 348 g/mol. The molecule has 0 N–H and O–H groups in total. The smallest absolute Gasteiger partial charge is 0.258 e. The maximum atomic E-state index is 13.1. The highest BCUT2D eigenvalue weighted by atomic mass is 16.2. The number of carbonyl (C=O) groups is 1. The Hall–Kier alpha value is -2.88. The van der Waals surface area contributed by atoms with Crippen molar-refractivity contribution in [3.8, 4) is 0 Å². The number of nitrogens with zero attached hydrogens (tertiary/aromatic N) is 2. The van der Waals surface area contributed by atoms with Crippen molar-refractivity contribution in [3.63, 3.8) is 0 Å². The minimum Gasteiger partial charge on any atom is -0.311 e. The van der Waals surface area contributed by atoms with E-state index in [1.54, 1.807) is 22.6 Å². The lowest BCUT2D eigenvalue weighted by molar-refractivity contribution is 0.0993. The van der Waals surface area contributed by atoms with Crippen LogP contribution >= 0.6 is 0 Å². The monoisotopic (exact) mass is 376 g/mol. The normalized spacial score (nSPS) is 11.2. The molecule has 1 heterocycles. The second kappa shape index (κ2) is 7.63. The lowest BCUT2D eigenvalue weighted by Crippen LogP contribution is -2.26. The molecule has 3 aromatic rings. The molecule has 4 nitrogen and oxygen atoms in total. The van der Waals surface area contributed by atoms with Crippen LogP contribution in [0.25, 0.3) is 10.9 Å². The fourth-order valence-corrected chi connectivity index (χ4v) is 3.59. The molecule has 1 aromatic heterocycles. The van der Waals surface area contributed by atoms with E-state index in [0.717, 1.165) is 27.7 Å². The first-order chi connectivity index (χ1) is 13.2. The van der Waals surface area contributed by atoms with E-state index in [-0.39, 0.29) is 17.4 Å². The zero-order valence-electron chi connectivity index (χ0n) is 17.5. The second-order valence-corrected chi connectivity index (χ2v) is 7.70. The number of aromatic nitrogens is 1. The number of carbonyl (C=O) groups excluding carboxylic acids is 1. The number of amides is 1. The molecule has 4 heteroatoms. The lowest BCUT2D eigenvalue weighted by atomic mass is 9.97. The highest BCUT2D eigenvalue weighted by Crippen LogP contribution is 2.26. The summed E-state index contributed by atoms with van der Waals surface area (Å²) in [7, 11) is 1.80. The van der Waals surface area contributed by atoms with Crippen LogP contribution < -0.4 is 10.5 Å². The SMILES string of the molecule is CCn1c(=O)cc(C(C)C)c2cc(C(=O)N(C)c3ccc(C)c(C)c3)ccc21. The van der Waals surface area contributed by atoms with E-state index in [1.807, 2.05) is 50.2 Å². The van der Waals surface area contributed by atoms with E-state index in [4.69, 9.17) is 0 Å². The van der Waals surface area contributed by atoms with Crippen molar-refractivity contribution < 1.29 is 4.79 Å². The maximum Gasteiger partial charge on any atom is 0.258 e. The van der Waals surface area contributed by atoms with Crippen LogP contribution in [0.4, 0.5) is 5.69 Å². The van der Waals surface area contributed by atoms with E-state index in [1.165, 1.54) is 5.56 Å². The molecule has 0 aliphatic rings.